The second-order valence-corrected chi connectivity index (χ2v) is 14.2. The molecule has 13 nitrogen and oxygen atoms in total. The fraction of sp³-hybridized carbons (Fsp3) is 0.462. The highest BCUT2D eigenvalue weighted by Crippen LogP contribution is 2.38. The number of imide groups is 1. The van der Waals surface area contributed by atoms with Crippen molar-refractivity contribution in [1.29, 1.82) is 0 Å². The zero-order chi connectivity index (χ0) is 36.4. The Balaban J connectivity index is 0.897. The Morgan fingerprint density at radius 2 is 1.62 bits per heavy atom. The van der Waals surface area contributed by atoms with E-state index >= 15 is 0 Å². The van der Waals surface area contributed by atoms with Crippen LogP contribution in [0.1, 0.15) is 53.9 Å². The number of carbonyl (C=O) groups is 3. The number of carbonyl (C=O) groups excluding carboxylic acids is 3. The molecule has 0 bridgehead atoms. The van der Waals surface area contributed by atoms with Crippen LogP contribution in [0, 0.1) is 0 Å². The first-order valence-electron chi connectivity index (χ1n) is 18.1. The molecule has 3 fully saturated rings. The number of nitrogens with one attached hydrogen (secondary N) is 2. The number of anilines is 1. The summed E-state index contributed by atoms with van der Waals surface area (Å²) in [6, 6.07) is 11.9. The van der Waals surface area contributed by atoms with Crippen LogP contribution < -0.4 is 25.7 Å². The minimum atomic E-state index is -0.394. The molecule has 274 valence electrons. The third-order valence-corrected chi connectivity index (χ3v) is 10.9. The van der Waals surface area contributed by atoms with Crippen LogP contribution in [0.3, 0.4) is 0 Å². The number of nitrogens with zero attached hydrogens (tertiary/aromatic N) is 5. The maximum absolute atomic E-state index is 13.4. The Kier molecular flexibility index (Phi) is 10.4. The van der Waals surface area contributed by atoms with Crippen LogP contribution in [-0.2, 0) is 34.5 Å². The van der Waals surface area contributed by atoms with E-state index in [-0.39, 0.29) is 23.3 Å². The number of benzene rings is 2. The van der Waals surface area contributed by atoms with Gasteiger partial charge >= 0.3 is 0 Å². The first-order valence-corrected chi connectivity index (χ1v) is 18.1. The van der Waals surface area contributed by atoms with Crippen molar-refractivity contribution in [2.75, 3.05) is 65.3 Å². The van der Waals surface area contributed by atoms with Crippen LogP contribution in [0.4, 0.5) is 5.69 Å². The molecule has 0 spiro atoms. The quantitative estimate of drug-likeness (QED) is 0.305. The molecule has 0 saturated carbocycles. The number of hydrogen-bond acceptors (Lipinski definition) is 10. The highest BCUT2D eigenvalue weighted by Gasteiger charge is 2.29. The monoisotopic (exact) mass is 709 g/mol. The first kappa shape index (κ1) is 35.4. The molecule has 1 atom stereocenters. The van der Waals surface area contributed by atoms with Crippen molar-refractivity contribution in [3.8, 4) is 22.6 Å². The summed E-state index contributed by atoms with van der Waals surface area (Å²) in [7, 11) is 5.08. The number of hydrogen-bond donors (Lipinski definition) is 2. The van der Waals surface area contributed by atoms with E-state index in [1.54, 1.807) is 32.0 Å². The molecule has 0 unspecified atom stereocenters. The van der Waals surface area contributed by atoms with Crippen molar-refractivity contribution in [2.24, 2.45) is 12.0 Å². The summed E-state index contributed by atoms with van der Waals surface area (Å²) in [5, 5.41) is 5.63. The van der Waals surface area contributed by atoms with Crippen LogP contribution in [0.5, 0.6) is 11.5 Å². The zero-order valence-corrected chi connectivity index (χ0v) is 30.2. The number of methoxy groups -OCH3 is 2. The SMILES string of the molecule is COc1cc(-c2cn(C)c(=O)c3c2C=NC3)cc(OC)c1CN1CCN(C(=O)CN2CCC(c3ccc(N[C@H]4CCC(=O)NC4=O)cc3)CC2)CC1. The number of piperidine rings is 2. The number of pyridine rings is 1. The summed E-state index contributed by atoms with van der Waals surface area (Å²) in [4.78, 5) is 60.5. The van der Waals surface area contributed by atoms with Crippen LogP contribution in [0.15, 0.2) is 52.4 Å². The minimum absolute atomic E-state index is 0.0312. The summed E-state index contributed by atoms with van der Waals surface area (Å²) in [6.07, 6.45) is 6.44. The Hall–Kier alpha value is -5.01. The van der Waals surface area contributed by atoms with E-state index in [0.29, 0.717) is 68.5 Å². The molecular formula is C39H47N7O6. The third-order valence-electron chi connectivity index (χ3n) is 10.9. The summed E-state index contributed by atoms with van der Waals surface area (Å²) in [5.74, 6) is 1.55. The number of aryl methyl sites for hydroxylation is 1. The maximum Gasteiger partial charge on any atom is 0.256 e. The van der Waals surface area contributed by atoms with Gasteiger partial charge in [0.15, 0.2) is 0 Å². The van der Waals surface area contributed by atoms with Crippen molar-refractivity contribution in [1.82, 2.24) is 24.6 Å². The molecule has 5 heterocycles. The van der Waals surface area contributed by atoms with Gasteiger partial charge in [0.25, 0.3) is 5.56 Å². The van der Waals surface area contributed by atoms with Crippen LogP contribution in [-0.4, -0.2) is 109 Å². The molecule has 4 aliphatic heterocycles. The summed E-state index contributed by atoms with van der Waals surface area (Å²) in [5.41, 5.74) is 6.41. The van der Waals surface area contributed by atoms with E-state index in [4.69, 9.17) is 9.47 Å². The Morgan fingerprint density at radius 3 is 2.27 bits per heavy atom. The van der Waals surface area contributed by atoms with Crippen molar-refractivity contribution < 1.29 is 23.9 Å². The highest BCUT2D eigenvalue weighted by molar-refractivity contribution is 6.01. The number of piperazine rings is 1. The summed E-state index contributed by atoms with van der Waals surface area (Å²) < 4.78 is 13.4. The van der Waals surface area contributed by atoms with E-state index in [9.17, 15) is 19.2 Å². The van der Waals surface area contributed by atoms with E-state index in [1.807, 2.05) is 35.4 Å². The van der Waals surface area contributed by atoms with Gasteiger partial charge in [0.05, 0.1) is 32.9 Å². The molecule has 3 amide bonds. The smallest absolute Gasteiger partial charge is 0.256 e. The number of aromatic nitrogens is 1. The lowest BCUT2D eigenvalue weighted by Crippen LogP contribution is -2.51. The van der Waals surface area contributed by atoms with E-state index in [2.05, 4.69) is 37.6 Å². The second kappa shape index (κ2) is 15.3. The molecule has 52 heavy (non-hydrogen) atoms. The Labute approximate surface area is 303 Å². The van der Waals surface area contributed by atoms with Crippen molar-refractivity contribution in [3.05, 3.63) is 75.2 Å². The minimum Gasteiger partial charge on any atom is -0.496 e. The van der Waals surface area contributed by atoms with Gasteiger partial charge in [0.2, 0.25) is 17.7 Å². The number of ether oxygens (including phenoxy) is 2. The van der Waals surface area contributed by atoms with Crippen LogP contribution in [0.2, 0.25) is 0 Å². The van der Waals surface area contributed by atoms with Crippen LogP contribution >= 0.6 is 0 Å². The maximum atomic E-state index is 13.4. The number of rotatable bonds is 10. The Bertz CT molecular complexity index is 1900. The predicted molar refractivity (Wildman–Crippen MR) is 198 cm³/mol. The van der Waals surface area contributed by atoms with Crippen molar-refractivity contribution >= 4 is 29.6 Å². The molecule has 3 aromatic rings. The van der Waals surface area contributed by atoms with Gasteiger partial charge in [-0.2, -0.15) is 0 Å². The van der Waals surface area contributed by atoms with E-state index < -0.39 is 6.04 Å². The average Bonchev–Trinajstić information content (AvgIpc) is 3.66. The van der Waals surface area contributed by atoms with E-state index in [1.165, 1.54) is 5.56 Å². The molecule has 2 aromatic carbocycles. The van der Waals surface area contributed by atoms with Gasteiger partial charge in [-0.1, -0.05) is 12.1 Å². The van der Waals surface area contributed by atoms with Gasteiger partial charge in [0.1, 0.15) is 17.5 Å². The molecule has 13 heteroatoms. The van der Waals surface area contributed by atoms with E-state index in [0.717, 1.165) is 67.0 Å². The fourth-order valence-corrected chi connectivity index (χ4v) is 7.85. The summed E-state index contributed by atoms with van der Waals surface area (Å²) >= 11 is 0. The molecular weight excluding hydrogens is 662 g/mol. The second-order valence-electron chi connectivity index (χ2n) is 14.2. The number of aliphatic imine (C=N–C) groups is 1. The van der Waals surface area contributed by atoms with Gasteiger partial charge in [-0.05, 0) is 73.7 Å². The summed E-state index contributed by atoms with van der Waals surface area (Å²) in [6.45, 7) is 6.03. The Morgan fingerprint density at radius 1 is 0.923 bits per heavy atom. The largest absolute Gasteiger partial charge is 0.496 e. The lowest BCUT2D eigenvalue weighted by molar-refractivity contribution is -0.135. The molecule has 0 radical (unpaired) electrons. The first-order chi connectivity index (χ1) is 25.2. The topological polar surface area (TPSA) is 138 Å². The molecule has 3 saturated heterocycles. The standard InChI is InChI=1S/C39H47N7O6/c1-43-22-31(29-20-40-21-30(29)39(43)50)27-18-34(51-2)32(35(19-27)52-3)23-45-14-16-46(17-15-45)37(48)24-44-12-10-26(11-13-44)25-4-6-28(7-5-25)41-33-8-9-36(47)42-38(33)49/h4-7,18-20,22,26,33,41H,8-17,21,23-24H2,1-3H3,(H,42,47,49)/t33-/m0/s1. The third kappa shape index (κ3) is 7.47. The van der Waals surface area contributed by atoms with Gasteiger partial charge < -0.3 is 24.3 Å². The van der Waals surface area contributed by atoms with Crippen LogP contribution in [0.25, 0.3) is 11.1 Å². The average molecular weight is 710 g/mol. The highest BCUT2D eigenvalue weighted by atomic mass is 16.5. The van der Waals surface area contributed by atoms with Gasteiger partial charge in [-0.15, -0.1) is 0 Å². The molecule has 7 rings (SSSR count). The van der Waals surface area contributed by atoms with Crippen molar-refractivity contribution in [3.63, 3.8) is 0 Å². The number of likely N-dealkylation sites (tertiary alicyclic amines) is 1. The normalized spacial score (nSPS) is 19.8. The molecule has 4 aliphatic rings. The van der Waals surface area contributed by atoms with Gasteiger partial charge in [-0.3, -0.25) is 39.3 Å². The number of amides is 3. The van der Waals surface area contributed by atoms with Gasteiger partial charge in [0, 0.05) is 81.0 Å². The molecule has 0 aliphatic carbocycles. The van der Waals surface area contributed by atoms with Gasteiger partial charge in [-0.25, -0.2) is 0 Å². The fourth-order valence-electron chi connectivity index (χ4n) is 7.85. The zero-order valence-electron chi connectivity index (χ0n) is 30.2. The molecule has 2 N–H and O–H groups in total. The molecule has 1 aromatic heterocycles. The predicted octanol–water partition coefficient (Wildman–Crippen LogP) is 2.74. The van der Waals surface area contributed by atoms with Crippen molar-refractivity contribution in [2.45, 2.75) is 50.7 Å². The lowest BCUT2D eigenvalue weighted by Gasteiger charge is -2.37. The lowest BCUT2D eigenvalue weighted by atomic mass is 9.89. The number of fused-ring (bicyclic) bond motifs is 1.